The minimum absolute atomic E-state index is 0.0284. The van der Waals surface area contributed by atoms with Crippen molar-refractivity contribution in [2.24, 2.45) is 0 Å². The fourth-order valence-electron chi connectivity index (χ4n) is 2.57. The molecule has 0 aliphatic carbocycles. The third-order valence-corrected chi connectivity index (χ3v) is 5.93. The zero-order valence-corrected chi connectivity index (χ0v) is 14.5. The maximum absolute atomic E-state index is 13.9. The molecule has 0 radical (unpaired) electrons. The Morgan fingerprint density at radius 1 is 1.26 bits per heavy atom. The van der Waals surface area contributed by atoms with E-state index in [2.05, 4.69) is 0 Å². The van der Waals surface area contributed by atoms with E-state index in [0.717, 1.165) is 18.6 Å². The largest absolute Gasteiger partial charge is 0.341 e. The van der Waals surface area contributed by atoms with Crippen LogP contribution in [0, 0.1) is 5.82 Å². The summed E-state index contributed by atoms with van der Waals surface area (Å²) in [4.78, 5) is 13.2. The van der Waals surface area contributed by atoms with Gasteiger partial charge in [-0.25, -0.2) is 12.8 Å². The standard InChI is InChI=1S/C15H20ClFN2O3S/c1-2-4-15(20)18-7-3-8-19(10-9-18)23(21,22)14-11-12(16)5-6-13(14)17/h5-6,11H,2-4,7-10H2,1H3. The van der Waals surface area contributed by atoms with Gasteiger partial charge in [-0.15, -0.1) is 0 Å². The summed E-state index contributed by atoms with van der Waals surface area (Å²) in [6.45, 7) is 3.17. The molecule has 5 nitrogen and oxygen atoms in total. The van der Waals surface area contributed by atoms with Gasteiger partial charge in [0.15, 0.2) is 0 Å². The SMILES string of the molecule is CCCC(=O)N1CCCN(S(=O)(=O)c2cc(Cl)ccc2F)CC1. The van der Waals surface area contributed by atoms with Crippen molar-refractivity contribution in [1.82, 2.24) is 9.21 Å². The number of hydrogen-bond acceptors (Lipinski definition) is 3. The van der Waals surface area contributed by atoms with E-state index in [4.69, 9.17) is 11.6 Å². The first-order valence-electron chi connectivity index (χ1n) is 7.59. The van der Waals surface area contributed by atoms with E-state index in [1.165, 1.54) is 10.4 Å². The minimum atomic E-state index is -3.96. The number of amides is 1. The van der Waals surface area contributed by atoms with Crippen molar-refractivity contribution in [3.63, 3.8) is 0 Å². The molecule has 1 aromatic carbocycles. The third-order valence-electron chi connectivity index (χ3n) is 3.78. The Balaban J connectivity index is 2.18. The Kier molecular flexibility index (Phi) is 6.00. The van der Waals surface area contributed by atoms with E-state index >= 15 is 0 Å². The molecule has 1 aliphatic heterocycles. The number of carbonyl (C=O) groups is 1. The molecule has 0 N–H and O–H groups in total. The number of carbonyl (C=O) groups excluding carboxylic acids is 1. The summed E-state index contributed by atoms with van der Waals surface area (Å²) in [5, 5.41) is 0.166. The summed E-state index contributed by atoms with van der Waals surface area (Å²) in [5.41, 5.74) is 0. The highest BCUT2D eigenvalue weighted by molar-refractivity contribution is 7.89. The Labute approximate surface area is 141 Å². The number of benzene rings is 1. The van der Waals surface area contributed by atoms with Gasteiger partial charge in [0.2, 0.25) is 15.9 Å². The highest BCUT2D eigenvalue weighted by Crippen LogP contribution is 2.24. The van der Waals surface area contributed by atoms with Crippen molar-refractivity contribution in [3.8, 4) is 0 Å². The van der Waals surface area contributed by atoms with Crippen LogP contribution in [-0.2, 0) is 14.8 Å². The number of rotatable bonds is 4. The summed E-state index contributed by atoms with van der Waals surface area (Å²) < 4.78 is 40.4. The number of halogens is 2. The third kappa shape index (κ3) is 4.22. The molecular formula is C15H20ClFN2O3S. The van der Waals surface area contributed by atoms with Crippen LogP contribution in [-0.4, -0.2) is 49.7 Å². The Bertz CT molecular complexity index is 681. The van der Waals surface area contributed by atoms with Crippen molar-refractivity contribution in [2.45, 2.75) is 31.1 Å². The molecule has 0 unspecified atom stereocenters. The zero-order chi connectivity index (χ0) is 17.0. The normalized spacial score (nSPS) is 17.1. The summed E-state index contributed by atoms with van der Waals surface area (Å²) in [6.07, 6.45) is 1.73. The van der Waals surface area contributed by atoms with E-state index in [1.54, 1.807) is 4.90 Å². The molecule has 1 aromatic rings. The van der Waals surface area contributed by atoms with Crippen LogP contribution in [0.1, 0.15) is 26.2 Å². The highest BCUT2D eigenvalue weighted by atomic mass is 35.5. The summed E-state index contributed by atoms with van der Waals surface area (Å²) in [6, 6.07) is 3.48. The molecule has 128 valence electrons. The second-order valence-electron chi connectivity index (χ2n) is 5.46. The number of hydrogen-bond donors (Lipinski definition) is 0. The fourth-order valence-corrected chi connectivity index (χ4v) is 4.37. The lowest BCUT2D eigenvalue weighted by Gasteiger charge is -2.22. The van der Waals surface area contributed by atoms with Crippen LogP contribution in [0.4, 0.5) is 4.39 Å². The molecule has 1 amide bonds. The first-order valence-corrected chi connectivity index (χ1v) is 9.41. The van der Waals surface area contributed by atoms with Gasteiger partial charge in [-0.2, -0.15) is 4.31 Å². The average Bonchev–Trinajstić information content (AvgIpc) is 2.76. The summed E-state index contributed by atoms with van der Waals surface area (Å²) in [5.74, 6) is -0.793. The molecule has 0 saturated carbocycles. The molecule has 0 bridgehead atoms. The quantitative estimate of drug-likeness (QED) is 0.826. The molecular weight excluding hydrogens is 343 g/mol. The molecule has 1 aliphatic rings. The van der Waals surface area contributed by atoms with Crippen LogP contribution in [0.15, 0.2) is 23.1 Å². The van der Waals surface area contributed by atoms with Crippen LogP contribution in [0.5, 0.6) is 0 Å². The van der Waals surface area contributed by atoms with Crippen LogP contribution >= 0.6 is 11.6 Å². The molecule has 0 atom stereocenters. The average molecular weight is 363 g/mol. The lowest BCUT2D eigenvalue weighted by molar-refractivity contribution is -0.131. The summed E-state index contributed by atoms with van der Waals surface area (Å²) >= 11 is 5.79. The van der Waals surface area contributed by atoms with Gasteiger partial charge in [0, 0.05) is 37.6 Å². The molecule has 0 spiro atoms. The van der Waals surface area contributed by atoms with Gasteiger partial charge in [0.05, 0.1) is 0 Å². The second-order valence-corrected chi connectivity index (χ2v) is 7.81. The van der Waals surface area contributed by atoms with Gasteiger partial charge in [-0.1, -0.05) is 18.5 Å². The minimum Gasteiger partial charge on any atom is -0.341 e. The molecule has 0 aromatic heterocycles. The summed E-state index contributed by atoms with van der Waals surface area (Å²) in [7, 11) is -3.96. The second kappa shape index (κ2) is 7.59. The van der Waals surface area contributed by atoms with Crippen molar-refractivity contribution in [3.05, 3.63) is 29.0 Å². The first-order chi connectivity index (χ1) is 10.9. The van der Waals surface area contributed by atoms with Gasteiger partial charge >= 0.3 is 0 Å². The van der Waals surface area contributed by atoms with Gasteiger partial charge in [0.1, 0.15) is 10.7 Å². The van der Waals surface area contributed by atoms with E-state index in [-0.39, 0.29) is 24.0 Å². The van der Waals surface area contributed by atoms with Gasteiger partial charge in [0.25, 0.3) is 0 Å². The Morgan fingerprint density at radius 2 is 2.00 bits per heavy atom. The monoisotopic (exact) mass is 362 g/mol. The van der Waals surface area contributed by atoms with E-state index in [9.17, 15) is 17.6 Å². The van der Waals surface area contributed by atoms with Crippen LogP contribution in [0.3, 0.4) is 0 Å². The van der Waals surface area contributed by atoms with E-state index in [0.29, 0.717) is 25.9 Å². The smallest absolute Gasteiger partial charge is 0.246 e. The molecule has 1 fully saturated rings. The fraction of sp³-hybridized carbons (Fsp3) is 0.533. The van der Waals surface area contributed by atoms with Gasteiger partial charge in [-0.3, -0.25) is 4.79 Å². The van der Waals surface area contributed by atoms with Crippen molar-refractivity contribution in [1.29, 1.82) is 0 Å². The molecule has 2 rings (SSSR count). The van der Waals surface area contributed by atoms with E-state index in [1.807, 2.05) is 6.92 Å². The lowest BCUT2D eigenvalue weighted by Crippen LogP contribution is -2.37. The topological polar surface area (TPSA) is 57.7 Å². The lowest BCUT2D eigenvalue weighted by atomic mass is 10.3. The predicted octanol–water partition coefficient (Wildman–Crippen LogP) is 2.50. The maximum Gasteiger partial charge on any atom is 0.246 e. The van der Waals surface area contributed by atoms with Crippen molar-refractivity contribution >= 4 is 27.5 Å². The molecule has 8 heteroatoms. The molecule has 1 heterocycles. The first kappa shape index (κ1) is 18.2. The maximum atomic E-state index is 13.9. The number of sulfonamides is 1. The Hall–Kier alpha value is -1.18. The molecule has 1 saturated heterocycles. The number of nitrogens with zero attached hydrogens (tertiary/aromatic N) is 2. The van der Waals surface area contributed by atoms with Crippen LogP contribution < -0.4 is 0 Å². The van der Waals surface area contributed by atoms with Crippen molar-refractivity contribution in [2.75, 3.05) is 26.2 Å². The van der Waals surface area contributed by atoms with Gasteiger partial charge in [-0.05, 0) is 31.0 Å². The predicted molar refractivity (Wildman–Crippen MR) is 86.3 cm³/mol. The van der Waals surface area contributed by atoms with Crippen LogP contribution in [0.2, 0.25) is 5.02 Å². The van der Waals surface area contributed by atoms with E-state index < -0.39 is 20.7 Å². The van der Waals surface area contributed by atoms with Crippen molar-refractivity contribution < 1.29 is 17.6 Å². The zero-order valence-electron chi connectivity index (χ0n) is 13.0. The van der Waals surface area contributed by atoms with Crippen LogP contribution in [0.25, 0.3) is 0 Å². The Morgan fingerprint density at radius 3 is 2.70 bits per heavy atom. The van der Waals surface area contributed by atoms with Gasteiger partial charge < -0.3 is 4.90 Å². The highest BCUT2D eigenvalue weighted by Gasteiger charge is 2.30. The molecule has 23 heavy (non-hydrogen) atoms.